The lowest BCUT2D eigenvalue weighted by Gasteiger charge is -2.34. The molecule has 1 amide bonds. The highest BCUT2D eigenvalue weighted by Crippen LogP contribution is 2.31. The molecule has 6 heteroatoms. The molecule has 0 spiro atoms. The van der Waals surface area contributed by atoms with E-state index in [1.54, 1.807) is 0 Å². The SMILES string of the molecule is CSCN1CCN(CCCNC(=O)C2CCC(C(=O)C(C)C)CC2)CC1. The number of piperazine rings is 1. The largest absolute Gasteiger partial charge is 0.356 e. The van der Waals surface area contributed by atoms with Crippen molar-refractivity contribution < 1.29 is 9.59 Å². The minimum Gasteiger partial charge on any atom is -0.356 e. The van der Waals surface area contributed by atoms with Crippen molar-refractivity contribution in [3.63, 3.8) is 0 Å². The van der Waals surface area contributed by atoms with E-state index in [-0.39, 0.29) is 23.7 Å². The molecule has 150 valence electrons. The highest BCUT2D eigenvalue weighted by Gasteiger charge is 2.30. The first kappa shape index (κ1) is 21.7. The van der Waals surface area contributed by atoms with Gasteiger partial charge in [-0.05, 0) is 44.9 Å². The van der Waals surface area contributed by atoms with Crippen molar-refractivity contribution in [1.82, 2.24) is 15.1 Å². The Morgan fingerprint density at radius 3 is 2.15 bits per heavy atom. The topological polar surface area (TPSA) is 52.6 Å². The number of carbonyl (C=O) groups excluding carboxylic acids is 2. The molecule has 1 heterocycles. The molecule has 0 aromatic rings. The van der Waals surface area contributed by atoms with E-state index in [2.05, 4.69) is 21.4 Å². The molecule has 26 heavy (non-hydrogen) atoms. The lowest BCUT2D eigenvalue weighted by Crippen LogP contribution is -2.46. The molecule has 0 unspecified atom stereocenters. The molecule has 2 fully saturated rings. The smallest absolute Gasteiger partial charge is 0.223 e. The molecule has 1 N–H and O–H groups in total. The van der Waals surface area contributed by atoms with Crippen LogP contribution in [0.15, 0.2) is 0 Å². The van der Waals surface area contributed by atoms with Gasteiger partial charge in [0.15, 0.2) is 0 Å². The van der Waals surface area contributed by atoms with Gasteiger partial charge in [-0.25, -0.2) is 0 Å². The first-order valence-corrected chi connectivity index (χ1v) is 11.7. The fraction of sp³-hybridized carbons (Fsp3) is 0.900. The average molecular weight is 384 g/mol. The molecule has 1 saturated heterocycles. The molecule has 1 aliphatic carbocycles. The van der Waals surface area contributed by atoms with E-state index in [1.165, 1.54) is 0 Å². The summed E-state index contributed by atoms with van der Waals surface area (Å²) < 4.78 is 0. The van der Waals surface area contributed by atoms with Crippen molar-refractivity contribution in [1.29, 1.82) is 0 Å². The molecule has 2 rings (SSSR count). The maximum absolute atomic E-state index is 12.4. The first-order chi connectivity index (χ1) is 12.5. The second kappa shape index (κ2) is 11.3. The van der Waals surface area contributed by atoms with Crippen LogP contribution >= 0.6 is 11.8 Å². The second-order valence-electron chi connectivity index (χ2n) is 8.13. The van der Waals surface area contributed by atoms with E-state index < -0.39 is 0 Å². The first-order valence-electron chi connectivity index (χ1n) is 10.3. The van der Waals surface area contributed by atoms with Crippen molar-refractivity contribution in [3.8, 4) is 0 Å². The molecule has 0 aromatic carbocycles. The monoisotopic (exact) mass is 383 g/mol. The Bertz CT molecular complexity index is 442. The van der Waals surface area contributed by atoms with Gasteiger partial charge in [-0.2, -0.15) is 0 Å². The van der Waals surface area contributed by atoms with Crippen molar-refractivity contribution in [3.05, 3.63) is 0 Å². The number of ketones is 1. The van der Waals surface area contributed by atoms with E-state index in [4.69, 9.17) is 0 Å². The Morgan fingerprint density at radius 2 is 1.58 bits per heavy atom. The Hall–Kier alpha value is -0.590. The predicted molar refractivity (Wildman–Crippen MR) is 109 cm³/mol. The second-order valence-corrected chi connectivity index (χ2v) is 8.96. The van der Waals surface area contributed by atoms with E-state index in [0.29, 0.717) is 5.78 Å². The number of thioether (sulfide) groups is 1. The van der Waals surface area contributed by atoms with Crippen molar-refractivity contribution in [2.75, 3.05) is 51.4 Å². The quantitative estimate of drug-likeness (QED) is 0.620. The number of hydrogen-bond acceptors (Lipinski definition) is 5. The Kier molecular flexibility index (Phi) is 9.43. The van der Waals surface area contributed by atoms with E-state index in [0.717, 1.165) is 77.2 Å². The summed E-state index contributed by atoms with van der Waals surface area (Å²) >= 11 is 1.89. The van der Waals surface area contributed by atoms with Crippen LogP contribution in [0.5, 0.6) is 0 Å². The number of rotatable bonds is 9. The van der Waals surface area contributed by atoms with Crippen LogP contribution in [0, 0.1) is 17.8 Å². The molecule has 5 nitrogen and oxygen atoms in total. The van der Waals surface area contributed by atoms with Gasteiger partial charge in [0.1, 0.15) is 5.78 Å². The normalized spacial score (nSPS) is 25.4. The standard InChI is InChI=1S/C20H37N3O2S/c1-16(2)19(24)17-5-7-18(8-6-17)20(25)21-9-4-10-22-11-13-23(14-12-22)15-26-3/h16-18H,4-15H2,1-3H3,(H,21,25). The van der Waals surface area contributed by atoms with Crippen LogP contribution in [-0.2, 0) is 9.59 Å². The maximum atomic E-state index is 12.4. The zero-order valence-corrected chi connectivity index (χ0v) is 17.7. The third-order valence-corrected chi connectivity index (χ3v) is 6.42. The lowest BCUT2D eigenvalue weighted by molar-refractivity contribution is -0.130. The minimum absolute atomic E-state index is 0.112. The number of carbonyl (C=O) groups is 2. The average Bonchev–Trinajstić information content (AvgIpc) is 2.66. The van der Waals surface area contributed by atoms with Gasteiger partial charge >= 0.3 is 0 Å². The van der Waals surface area contributed by atoms with E-state index >= 15 is 0 Å². The van der Waals surface area contributed by atoms with Crippen molar-refractivity contribution in [2.45, 2.75) is 46.0 Å². The molecule has 1 aliphatic heterocycles. The highest BCUT2D eigenvalue weighted by atomic mass is 32.2. The zero-order chi connectivity index (χ0) is 18.9. The summed E-state index contributed by atoms with van der Waals surface area (Å²) in [6.07, 6.45) is 6.68. The molecule has 0 bridgehead atoms. The molecular formula is C20H37N3O2S. The Morgan fingerprint density at radius 1 is 1.00 bits per heavy atom. The van der Waals surface area contributed by atoms with Crippen LogP contribution in [0.3, 0.4) is 0 Å². The van der Waals surface area contributed by atoms with E-state index in [1.807, 2.05) is 25.6 Å². The summed E-state index contributed by atoms with van der Waals surface area (Å²) in [5.74, 6) is 2.12. The number of amides is 1. The third-order valence-electron chi connectivity index (χ3n) is 5.80. The van der Waals surface area contributed by atoms with Gasteiger partial charge in [-0.15, -0.1) is 11.8 Å². The molecule has 1 saturated carbocycles. The molecule has 0 aromatic heterocycles. The van der Waals surface area contributed by atoms with Crippen molar-refractivity contribution >= 4 is 23.5 Å². The van der Waals surface area contributed by atoms with Crippen LogP contribution in [0.2, 0.25) is 0 Å². The minimum atomic E-state index is 0.112. The van der Waals surface area contributed by atoms with Crippen LogP contribution in [-0.4, -0.2) is 72.9 Å². The summed E-state index contributed by atoms with van der Waals surface area (Å²) in [6.45, 7) is 10.4. The van der Waals surface area contributed by atoms with Crippen LogP contribution in [0.1, 0.15) is 46.0 Å². The number of nitrogens with one attached hydrogen (secondary N) is 1. The molecule has 0 atom stereocenters. The van der Waals surface area contributed by atoms with Gasteiger partial charge < -0.3 is 10.2 Å². The maximum Gasteiger partial charge on any atom is 0.223 e. The van der Waals surface area contributed by atoms with Crippen LogP contribution in [0.4, 0.5) is 0 Å². The number of hydrogen-bond donors (Lipinski definition) is 1. The van der Waals surface area contributed by atoms with Gasteiger partial charge in [-0.1, -0.05) is 13.8 Å². The number of nitrogens with zero attached hydrogens (tertiary/aromatic N) is 2. The van der Waals surface area contributed by atoms with Gasteiger partial charge in [0.05, 0.1) is 0 Å². The molecular weight excluding hydrogens is 346 g/mol. The zero-order valence-electron chi connectivity index (χ0n) is 16.8. The summed E-state index contributed by atoms with van der Waals surface area (Å²) in [6, 6.07) is 0. The molecule has 0 radical (unpaired) electrons. The fourth-order valence-corrected chi connectivity index (χ4v) is 4.72. The predicted octanol–water partition coefficient (Wildman–Crippen LogP) is 2.46. The van der Waals surface area contributed by atoms with Gasteiger partial charge in [0.25, 0.3) is 0 Å². The highest BCUT2D eigenvalue weighted by molar-refractivity contribution is 7.98. The van der Waals surface area contributed by atoms with Gasteiger partial charge in [-0.3, -0.25) is 14.5 Å². The Labute approximate surface area is 163 Å². The fourth-order valence-electron chi connectivity index (χ4n) is 4.09. The van der Waals surface area contributed by atoms with Gasteiger partial charge in [0, 0.05) is 56.4 Å². The Balaban J connectivity index is 1.55. The van der Waals surface area contributed by atoms with Crippen LogP contribution < -0.4 is 5.32 Å². The summed E-state index contributed by atoms with van der Waals surface area (Å²) in [7, 11) is 0. The third kappa shape index (κ3) is 6.86. The summed E-state index contributed by atoms with van der Waals surface area (Å²) in [5.41, 5.74) is 0. The number of Topliss-reactive ketones (excluding diaryl/α,β-unsaturated/α-hetero) is 1. The van der Waals surface area contributed by atoms with Gasteiger partial charge in [0.2, 0.25) is 5.91 Å². The van der Waals surface area contributed by atoms with E-state index in [9.17, 15) is 9.59 Å². The lowest BCUT2D eigenvalue weighted by atomic mass is 9.77. The van der Waals surface area contributed by atoms with Crippen molar-refractivity contribution in [2.24, 2.45) is 17.8 Å². The summed E-state index contributed by atoms with van der Waals surface area (Å²) in [4.78, 5) is 29.4. The summed E-state index contributed by atoms with van der Waals surface area (Å²) in [5, 5.41) is 3.12. The molecule has 2 aliphatic rings. The van der Waals surface area contributed by atoms with Crippen LogP contribution in [0.25, 0.3) is 0 Å².